The van der Waals surface area contributed by atoms with E-state index in [4.69, 9.17) is 0 Å². The molecule has 0 spiro atoms. The minimum atomic E-state index is -0.245. The van der Waals surface area contributed by atoms with Crippen molar-refractivity contribution >= 4 is 22.5 Å². The Kier molecular flexibility index (Phi) is 4.99. The van der Waals surface area contributed by atoms with Gasteiger partial charge in [-0.3, -0.25) is 14.9 Å². The van der Waals surface area contributed by atoms with Gasteiger partial charge >= 0.3 is 0 Å². The highest BCUT2D eigenvalue weighted by Gasteiger charge is 2.15. The number of amides is 1. The molecule has 5 nitrogen and oxygen atoms in total. The second-order valence-electron chi connectivity index (χ2n) is 7.40. The van der Waals surface area contributed by atoms with Crippen molar-refractivity contribution in [1.82, 2.24) is 15.2 Å². The topological polar surface area (TPSA) is 70.7 Å². The van der Waals surface area contributed by atoms with E-state index in [1.807, 2.05) is 79.1 Å². The maximum absolute atomic E-state index is 12.8. The van der Waals surface area contributed by atoms with Gasteiger partial charge in [-0.25, -0.2) is 0 Å². The zero-order chi connectivity index (χ0) is 21.0. The molecular weight excluding hydrogens is 384 g/mol. The summed E-state index contributed by atoms with van der Waals surface area (Å²) in [5.74, 6) is -0.245. The smallest absolute Gasteiger partial charge is 0.276 e. The number of carbonyl (C=O) groups excluding carboxylic acids is 1. The van der Waals surface area contributed by atoms with Crippen LogP contribution in [0.1, 0.15) is 21.6 Å². The Morgan fingerprint density at radius 3 is 2.39 bits per heavy atom. The van der Waals surface area contributed by atoms with Crippen LogP contribution in [0.2, 0.25) is 0 Å². The molecule has 0 aliphatic carbocycles. The zero-order valence-electron chi connectivity index (χ0n) is 16.7. The lowest BCUT2D eigenvalue weighted by Gasteiger charge is -2.07. The van der Waals surface area contributed by atoms with Gasteiger partial charge in [0.2, 0.25) is 0 Å². The fourth-order valence-corrected chi connectivity index (χ4v) is 3.65. The van der Waals surface area contributed by atoms with E-state index in [0.29, 0.717) is 5.69 Å². The summed E-state index contributed by atoms with van der Waals surface area (Å²) >= 11 is 0. The van der Waals surface area contributed by atoms with Gasteiger partial charge in [0, 0.05) is 29.0 Å². The molecule has 3 aromatic carbocycles. The summed E-state index contributed by atoms with van der Waals surface area (Å²) in [5.41, 5.74) is 6.29. The number of benzene rings is 3. The van der Waals surface area contributed by atoms with E-state index < -0.39 is 0 Å². The number of hydrogen-bond donors (Lipinski definition) is 2. The molecule has 0 radical (unpaired) electrons. The maximum atomic E-state index is 12.8. The third-order valence-corrected chi connectivity index (χ3v) is 5.19. The third-order valence-electron chi connectivity index (χ3n) is 5.19. The summed E-state index contributed by atoms with van der Waals surface area (Å²) in [7, 11) is 0. The lowest BCUT2D eigenvalue weighted by Crippen LogP contribution is -2.12. The summed E-state index contributed by atoms with van der Waals surface area (Å²) in [6, 6.07) is 27.8. The van der Waals surface area contributed by atoms with Gasteiger partial charge in [0.1, 0.15) is 0 Å². The van der Waals surface area contributed by atoms with Crippen LogP contribution in [-0.2, 0) is 6.42 Å². The van der Waals surface area contributed by atoms with Crippen molar-refractivity contribution in [2.45, 2.75) is 6.42 Å². The molecule has 0 saturated heterocycles. The Bertz CT molecular complexity index is 1340. The van der Waals surface area contributed by atoms with E-state index in [2.05, 4.69) is 38.7 Å². The van der Waals surface area contributed by atoms with Crippen molar-refractivity contribution in [1.29, 1.82) is 0 Å². The predicted molar refractivity (Wildman–Crippen MR) is 123 cm³/mol. The number of para-hydroxylation sites is 1. The van der Waals surface area contributed by atoms with Gasteiger partial charge in [0.05, 0.1) is 5.52 Å². The highest BCUT2D eigenvalue weighted by Crippen LogP contribution is 2.26. The molecule has 0 bridgehead atoms. The van der Waals surface area contributed by atoms with Crippen molar-refractivity contribution < 1.29 is 4.79 Å². The average molecular weight is 404 g/mol. The number of aromatic amines is 1. The second kappa shape index (κ2) is 8.24. The number of nitrogens with zero attached hydrogens (tertiary/aromatic N) is 2. The summed E-state index contributed by atoms with van der Waals surface area (Å²) in [6.07, 6.45) is 4.56. The molecule has 0 fully saturated rings. The van der Waals surface area contributed by atoms with Crippen LogP contribution >= 0.6 is 0 Å². The van der Waals surface area contributed by atoms with E-state index in [9.17, 15) is 4.79 Å². The first kappa shape index (κ1) is 18.8. The molecule has 0 saturated carbocycles. The van der Waals surface area contributed by atoms with Crippen LogP contribution in [0.25, 0.3) is 22.0 Å². The largest absolute Gasteiger partial charge is 0.321 e. The molecule has 5 rings (SSSR count). The van der Waals surface area contributed by atoms with Gasteiger partial charge in [-0.1, -0.05) is 54.6 Å². The number of nitrogens with one attached hydrogen (secondary N) is 2. The SMILES string of the molecule is O=C(Nc1ccccc1)c1n[nH]c2ccc(-c3cncc(Cc4ccccc4)c3)cc12. The second-order valence-corrected chi connectivity index (χ2v) is 7.40. The van der Waals surface area contributed by atoms with Gasteiger partial charge in [-0.05, 0) is 53.4 Å². The van der Waals surface area contributed by atoms with E-state index in [1.165, 1.54) is 5.56 Å². The fourth-order valence-electron chi connectivity index (χ4n) is 3.65. The Morgan fingerprint density at radius 1 is 0.806 bits per heavy atom. The molecular formula is C26H20N4O. The number of H-pyrrole nitrogens is 1. The van der Waals surface area contributed by atoms with Crippen molar-refractivity contribution in [2.75, 3.05) is 5.32 Å². The Morgan fingerprint density at radius 2 is 1.58 bits per heavy atom. The standard InChI is InChI=1S/C26H20N4O/c31-26(28-22-9-5-2-6-10-22)25-23-15-20(11-12-24(23)29-30-25)21-14-19(16-27-17-21)13-18-7-3-1-4-8-18/h1-12,14-17H,13H2,(H,28,31)(H,29,30). The van der Waals surface area contributed by atoms with Crippen molar-refractivity contribution in [3.63, 3.8) is 0 Å². The Hall–Kier alpha value is -4.25. The van der Waals surface area contributed by atoms with E-state index in [-0.39, 0.29) is 5.91 Å². The summed E-state index contributed by atoms with van der Waals surface area (Å²) in [6.45, 7) is 0. The first-order valence-corrected chi connectivity index (χ1v) is 10.1. The van der Waals surface area contributed by atoms with Crippen molar-refractivity contribution in [3.8, 4) is 11.1 Å². The Balaban J connectivity index is 1.45. The molecule has 150 valence electrons. The molecule has 5 heteroatoms. The third kappa shape index (κ3) is 4.07. The van der Waals surface area contributed by atoms with Gasteiger partial charge < -0.3 is 5.32 Å². The van der Waals surface area contributed by atoms with Gasteiger partial charge in [0.15, 0.2) is 5.69 Å². The lowest BCUT2D eigenvalue weighted by molar-refractivity contribution is 0.102. The number of pyridine rings is 1. The normalized spacial score (nSPS) is 10.8. The van der Waals surface area contributed by atoms with E-state index in [1.54, 1.807) is 0 Å². The van der Waals surface area contributed by atoms with Crippen LogP contribution in [0.4, 0.5) is 5.69 Å². The maximum Gasteiger partial charge on any atom is 0.276 e. The number of anilines is 1. The first-order valence-electron chi connectivity index (χ1n) is 10.1. The number of fused-ring (bicyclic) bond motifs is 1. The number of hydrogen-bond acceptors (Lipinski definition) is 3. The number of rotatable bonds is 5. The van der Waals surface area contributed by atoms with Gasteiger partial charge in [-0.2, -0.15) is 5.10 Å². The number of aromatic nitrogens is 3. The van der Waals surface area contributed by atoms with Crippen LogP contribution in [0.3, 0.4) is 0 Å². The average Bonchev–Trinajstić information content (AvgIpc) is 3.24. The van der Waals surface area contributed by atoms with Crippen LogP contribution in [0, 0.1) is 0 Å². The quantitative estimate of drug-likeness (QED) is 0.408. The fraction of sp³-hybridized carbons (Fsp3) is 0.0385. The minimum Gasteiger partial charge on any atom is -0.321 e. The molecule has 5 aromatic rings. The first-order chi connectivity index (χ1) is 15.3. The van der Waals surface area contributed by atoms with Crippen LogP contribution < -0.4 is 5.32 Å². The number of carbonyl (C=O) groups is 1. The highest BCUT2D eigenvalue weighted by atomic mass is 16.1. The predicted octanol–water partition coefficient (Wildman–Crippen LogP) is 5.47. The summed E-state index contributed by atoms with van der Waals surface area (Å²) in [5, 5.41) is 10.9. The zero-order valence-corrected chi connectivity index (χ0v) is 16.7. The van der Waals surface area contributed by atoms with Crippen LogP contribution in [-0.4, -0.2) is 21.1 Å². The molecule has 2 aromatic heterocycles. The van der Waals surface area contributed by atoms with E-state index in [0.717, 1.165) is 39.7 Å². The van der Waals surface area contributed by atoms with Crippen LogP contribution in [0.5, 0.6) is 0 Å². The lowest BCUT2D eigenvalue weighted by atomic mass is 10.0. The van der Waals surface area contributed by atoms with E-state index >= 15 is 0 Å². The molecule has 0 atom stereocenters. The van der Waals surface area contributed by atoms with Crippen molar-refractivity contribution in [2.24, 2.45) is 0 Å². The Labute approximate surface area is 179 Å². The molecule has 31 heavy (non-hydrogen) atoms. The van der Waals surface area contributed by atoms with Gasteiger partial charge in [0.25, 0.3) is 5.91 Å². The monoisotopic (exact) mass is 404 g/mol. The molecule has 2 heterocycles. The van der Waals surface area contributed by atoms with Crippen LogP contribution in [0.15, 0.2) is 97.3 Å². The summed E-state index contributed by atoms with van der Waals surface area (Å²) < 4.78 is 0. The van der Waals surface area contributed by atoms with Crippen molar-refractivity contribution in [3.05, 3.63) is 114 Å². The minimum absolute atomic E-state index is 0.245. The highest BCUT2D eigenvalue weighted by molar-refractivity contribution is 6.11. The molecule has 0 aliphatic heterocycles. The molecule has 2 N–H and O–H groups in total. The molecule has 0 aliphatic rings. The summed E-state index contributed by atoms with van der Waals surface area (Å²) in [4.78, 5) is 17.2. The van der Waals surface area contributed by atoms with Gasteiger partial charge in [-0.15, -0.1) is 0 Å². The molecule has 0 unspecified atom stereocenters. The molecule has 1 amide bonds.